The standard InChI is InChI=1S/C22H40O2/c1-2-3-4-5-6-7-8-9-10-11-12-13-14-15-16-17-18-19-20-21-22(23)24/h5-6,8-9H,2-4,7,10-21H2,1H3,(H,23,24). The van der Waals surface area contributed by atoms with Crippen LogP contribution in [-0.4, -0.2) is 11.1 Å². The number of hydrogen-bond donors (Lipinski definition) is 1. The van der Waals surface area contributed by atoms with Gasteiger partial charge in [0.25, 0.3) is 0 Å². The molecular formula is C22H40O2. The summed E-state index contributed by atoms with van der Waals surface area (Å²) >= 11 is 0. The topological polar surface area (TPSA) is 37.3 Å². The highest BCUT2D eigenvalue weighted by atomic mass is 16.4. The van der Waals surface area contributed by atoms with E-state index in [1.807, 2.05) is 0 Å². The van der Waals surface area contributed by atoms with Gasteiger partial charge in [-0.15, -0.1) is 0 Å². The number of carboxylic acid groups (broad SMARTS) is 1. The first-order valence-electron chi connectivity index (χ1n) is 10.3. The number of carbonyl (C=O) groups is 1. The van der Waals surface area contributed by atoms with Gasteiger partial charge in [0.15, 0.2) is 0 Å². The molecule has 0 saturated heterocycles. The Morgan fingerprint density at radius 1 is 0.667 bits per heavy atom. The number of aliphatic carboxylic acids is 1. The molecule has 0 aliphatic rings. The Labute approximate surface area is 150 Å². The smallest absolute Gasteiger partial charge is 0.303 e. The molecule has 0 atom stereocenters. The highest BCUT2D eigenvalue weighted by Crippen LogP contribution is 2.12. The van der Waals surface area contributed by atoms with Gasteiger partial charge in [0.2, 0.25) is 0 Å². The van der Waals surface area contributed by atoms with E-state index in [2.05, 4.69) is 31.2 Å². The molecule has 0 radical (unpaired) electrons. The zero-order valence-corrected chi connectivity index (χ0v) is 16.0. The SMILES string of the molecule is CCCCC=CCC=CCCCCCCCCCCCCC(=O)O. The fourth-order valence-corrected chi connectivity index (χ4v) is 2.78. The summed E-state index contributed by atoms with van der Waals surface area (Å²) in [6.07, 6.45) is 28.2. The van der Waals surface area contributed by atoms with Crippen molar-refractivity contribution >= 4 is 5.97 Å². The van der Waals surface area contributed by atoms with Crippen LogP contribution in [0.2, 0.25) is 0 Å². The fraction of sp³-hybridized carbons (Fsp3) is 0.773. The average molecular weight is 337 g/mol. The van der Waals surface area contributed by atoms with Crippen LogP contribution >= 0.6 is 0 Å². The molecule has 0 aromatic heterocycles. The van der Waals surface area contributed by atoms with E-state index in [0.717, 1.165) is 19.3 Å². The third-order valence-electron chi connectivity index (χ3n) is 4.34. The zero-order chi connectivity index (χ0) is 17.7. The van der Waals surface area contributed by atoms with Crippen molar-refractivity contribution in [3.63, 3.8) is 0 Å². The van der Waals surface area contributed by atoms with Crippen molar-refractivity contribution in [1.82, 2.24) is 0 Å². The van der Waals surface area contributed by atoms with E-state index < -0.39 is 5.97 Å². The van der Waals surface area contributed by atoms with Gasteiger partial charge in [-0.3, -0.25) is 4.79 Å². The van der Waals surface area contributed by atoms with Crippen molar-refractivity contribution in [2.24, 2.45) is 0 Å². The molecule has 0 amide bonds. The lowest BCUT2D eigenvalue weighted by Crippen LogP contribution is -1.93. The summed E-state index contributed by atoms with van der Waals surface area (Å²) in [5.41, 5.74) is 0. The van der Waals surface area contributed by atoms with Crippen LogP contribution in [0.5, 0.6) is 0 Å². The first kappa shape index (κ1) is 22.9. The molecule has 0 fully saturated rings. The number of hydrogen-bond acceptors (Lipinski definition) is 1. The lowest BCUT2D eigenvalue weighted by molar-refractivity contribution is -0.137. The van der Waals surface area contributed by atoms with Crippen molar-refractivity contribution in [1.29, 1.82) is 0 Å². The van der Waals surface area contributed by atoms with Gasteiger partial charge in [-0.25, -0.2) is 0 Å². The molecule has 0 aromatic rings. The third-order valence-corrected chi connectivity index (χ3v) is 4.34. The summed E-state index contributed by atoms with van der Waals surface area (Å²) in [4.78, 5) is 10.4. The average Bonchev–Trinajstić information content (AvgIpc) is 2.56. The molecule has 0 heterocycles. The van der Waals surface area contributed by atoms with Gasteiger partial charge in [0, 0.05) is 6.42 Å². The van der Waals surface area contributed by atoms with Gasteiger partial charge in [-0.1, -0.05) is 95.4 Å². The molecule has 0 aliphatic carbocycles. The van der Waals surface area contributed by atoms with Gasteiger partial charge in [0.1, 0.15) is 0 Å². The molecule has 1 N–H and O–H groups in total. The van der Waals surface area contributed by atoms with Gasteiger partial charge in [-0.05, 0) is 32.1 Å². The van der Waals surface area contributed by atoms with E-state index in [0.29, 0.717) is 6.42 Å². The maximum Gasteiger partial charge on any atom is 0.303 e. The van der Waals surface area contributed by atoms with Crippen molar-refractivity contribution in [3.05, 3.63) is 24.3 Å². The second-order valence-electron chi connectivity index (χ2n) is 6.79. The molecule has 0 aromatic carbocycles. The van der Waals surface area contributed by atoms with Crippen molar-refractivity contribution in [2.75, 3.05) is 0 Å². The molecule has 0 bridgehead atoms. The van der Waals surface area contributed by atoms with Gasteiger partial charge in [0.05, 0.1) is 0 Å². The van der Waals surface area contributed by atoms with E-state index >= 15 is 0 Å². The summed E-state index contributed by atoms with van der Waals surface area (Å²) in [7, 11) is 0. The van der Waals surface area contributed by atoms with Crippen LogP contribution in [0.1, 0.15) is 110 Å². The molecule has 0 spiro atoms. The summed E-state index contributed by atoms with van der Waals surface area (Å²) in [6.45, 7) is 2.24. The van der Waals surface area contributed by atoms with Crippen molar-refractivity contribution in [2.45, 2.75) is 110 Å². The van der Waals surface area contributed by atoms with Crippen LogP contribution in [0.3, 0.4) is 0 Å². The van der Waals surface area contributed by atoms with E-state index in [9.17, 15) is 4.79 Å². The van der Waals surface area contributed by atoms with Crippen molar-refractivity contribution in [3.8, 4) is 0 Å². The molecule has 2 nitrogen and oxygen atoms in total. The van der Waals surface area contributed by atoms with Crippen LogP contribution in [0.15, 0.2) is 24.3 Å². The predicted octanol–water partition coefficient (Wildman–Crippen LogP) is 7.44. The Hall–Kier alpha value is -1.05. The molecule has 24 heavy (non-hydrogen) atoms. The monoisotopic (exact) mass is 336 g/mol. The minimum Gasteiger partial charge on any atom is -0.481 e. The molecule has 0 saturated carbocycles. The van der Waals surface area contributed by atoms with Crippen LogP contribution in [0.4, 0.5) is 0 Å². The minimum atomic E-state index is -0.659. The molecule has 2 heteroatoms. The van der Waals surface area contributed by atoms with E-state index in [1.165, 1.54) is 77.0 Å². The summed E-state index contributed by atoms with van der Waals surface area (Å²) < 4.78 is 0. The lowest BCUT2D eigenvalue weighted by atomic mass is 10.1. The quantitative estimate of drug-likeness (QED) is 0.208. The number of allylic oxidation sites excluding steroid dienone is 4. The molecule has 140 valence electrons. The van der Waals surface area contributed by atoms with Crippen LogP contribution in [0.25, 0.3) is 0 Å². The minimum absolute atomic E-state index is 0.337. The molecule has 0 unspecified atom stereocenters. The van der Waals surface area contributed by atoms with Gasteiger partial charge >= 0.3 is 5.97 Å². The first-order chi connectivity index (χ1) is 11.8. The normalized spacial score (nSPS) is 11.7. The second kappa shape index (κ2) is 20.0. The lowest BCUT2D eigenvalue weighted by Gasteiger charge is -2.01. The highest BCUT2D eigenvalue weighted by molar-refractivity contribution is 5.66. The Balaban J connectivity index is 3.12. The first-order valence-corrected chi connectivity index (χ1v) is 10.3. The predicted molar refractivity (Wildman–Crippen MR) is 105 cm³/mol. The second-order valence-corrected chi connectivity index (χ2v) is 6.79. The summed E-state index contributed by atoms with van der Waals surface area (Å²) in [5.74, 6) is -0.659. The van der Waals surface area contributed by atoms with E-state index in [-0.39, 0.29) is 0 Å². The number of unbranched alkanes of at least 4 members (excludes halogenated alkanes) is 12. The van der Waals surface area contributed by atoms with Crippen molar-refractivity contribution < 1.29 is 9.90 Å². The Bertz CT molecular complexity index is 318. The van der Waals surface area contributed by atoms with E-state index in [4.69, 9.17) is 5.11 Å². The van der Waals surface area contributed by atoms with Crippen LogP contribution < -0.4 is 0 Å². The van der Waals surface area contributed by atoms with Crippen LogP contribution in [0, 0.1) is 0 Å². The van der Waals surface area contributed by atoms with Crippen LogP contribution in [-0.2, 0) is 4.79 Å². The number of rotatable bonds is 18. The Morgan fingerprint density at radius 2 is 1.12 bits per heavy atom. The maximum atomic E-state index is 10.4. The summed E-state index contributed by atoms with van der Waals surface area (Å²) in [6, 6.07) is 0. The molecule has 0 aliphatic heterocycles. The Kier molecular flexibility index (Phi) is 19.1. The third kappa shape index (κ3) is 20.9. The Morgan fingerprint density at radius 3 is 1.62 bits per heavy atom. The fourth-order valence-electron chi connectivity index (χ4n) is 2.78. The highest BCUT2D eigenvalue weighted by Gasteiger charge is 1.96. The zero-order valence-electron chi connectivity index (χ0n) is 16.0. The molecular weight excluding hydrogens is 296 g/mol. The van der Waals surface area contributed by atoms with E-state index in [1.54, 1.807) is 0 Å². The largest absolute Gasteiger partial charge is 0.481 e. The summed E-state index contributed by atoms with van der Waals surface area (Å²) in [5, 5.41) is 8.55. The maximum absolute atomic E-state index is 10.4. The molecule has 0 rings (SSSR count). The van der Waals surface area contributed by atoms with Gasteiger partial charge < -0.3 is 5.11 Å². The number of carboxylic acids is 1. The van der Waals surface area contributed by atoms with Gasteiger partial charge in [-0.2, -0.15) is 0 Å².